The van der Waals surface area contributed by atoms with Crippen LogP contribution in [-0.2, 0) is 4.79 Å². The molecule has 0 radical (unpaired) electrons. The topological polar surface area (TPSA) is 93.5 Å². The van der Waals surface area contributed by atoms with Crippen molar-refractivity contribution in [2.45, 2.75) is 32.7 Å². The molecule has 5 N–H and O–H groups in total. The molecule has 1 atom stereocenters. The number of carbonyl (C=O) groups excluding carboxylic acids is 1. The van der Waals surface area contributed by atoms with Crippen LogP contribution >= 0.6 is 11.8 Å². The van der Waals surface area contributed by atoms with Crippen LogP contribution in [0.5, 0.6) is 0 Å². The molecule has 6 heteroatoms. The van der Waals surface area contributed by atoms with E-state index in [2.05, 4.69) is 17.3 Å². The molecule has 0 aromatic heterocycles. The van der Waals surface area contributed by atoms with E-state index in [-0.39, 0.29) is 22.9 Å². The third-order valence-corrected chi connectivity index (χ3v) is 2.42. The van der Waals surface area contributed by atoms with Gasteiger partial charge in [0.15, 0.2) is 5.17 Å². The van der Waals surface area contributed by atoms with Gasteiger partial charge in [0, 0.05) is 6.04 Å². The Kier molecular flexibility index (Phi) is 7.00. The number of nitrogens with two attached hydrogens (primary N) is 2. The molecule has 0 bridgehead atoms. The summed E-state index contributed by atoms with van der Waals surface area (Å²) < 4.78 is 0. The summed E-state index contributed by atoms with van der Waals surface area (Å²) in [6.45, 7) is 4.06. The van der Waals surface area contributed by atoms with Crippen molar-refractivity contribution in [1.29, 1.82) is 0 Å². The predicted molar refractivity (Wildman–Crippen MR) is 60.8 cm³/mol. The molecule has 14 heavy (non-hydrogen) atoms. The molecule has 0 aliphatic heterocycles. The minimum atomic E-state index is -0.0393. The van der Waals surface area contributed by atoms with Crippen molar-refractivity contribution in [3.05, 3.63) is 0 Å². The lowest BCUT2D eigenvalue weighted by Crippen LogP contribution is -2.34. The Hall–Kier alpha value is -0.910. The van der Waals surface area contributed by atoms with E-state index in [1.165, 1.54) is 0 Å². The highest BCUT2D eigenvalue weighted by Gasteiger charge is 2.07. The van der Waals surface area contributed by atoms with Crippen LogP contribution in [0.25, 0.3) is 0 Å². The second kappa shape index (κ2) is 7.49. The average molecular weight is 218 g/mol. The van der Waals surface area contributed by atoms with Gasteiger partial charge in [0.05, 0.1) is 5.75 Å². The Morgan fingerprint density at radius 3 is 2.79 bits per heavy atom. The van der Waals surface area contributed by atoms with Crippen LogP contribution in [-0.4, -0.2) is 22.9 Å². The van der Waals surface area contributed by atoms with E-state index >= 15 is 0 Å². The SMILES string of the molecule is CCCC(C)NC(=O)CSC(N)=NN. The van der Waals surface area contributed by atoms with Crippen LogP contribution in [0.4, 0.5) is 0 Å². The van der Waals surface area contributed by atoms with Crippen molar-refractivity contribution in [1.82, 2.24) is 5.32 Å². The number of rotatable bonds is 5. The Morgan fingerprint density at radius 2 is 2.29 bits per heavy atom. The lowest BCUT2D eigenvalue weighted by Gasteiger charge is -2.11. The standard InChI is InChI=1S/C8H18N4OS/c1-3-4-6(2)11-7(13)5-14-8(9)12-10/h6H,3-5,10H2,1-2H3,(H2,9,12)(H,11,13). The third-order valence-electron chi connectivity index (χ3n) is 1.61. The van der Waals surface area contributed by atoms with Gasteiger partial charge < -0.3 is 16.9 Å². The van der Waals surface area contributed by atoms with Crippen molar-refractivity contribution in [2.75, 3.05) is 5.75 Å². The number of amides is 1. The van der Waals surface area contributed by atoms with Gasteiger partial charge in [-0.25, -0.2) is 0 Å². The molecule has 0 aliphatic carbocycles. The molecule has 0 spiro atoms. The second-order valence-corrected chi connectivity index (χ2v) is 4.01. The molecule has 0 rings (SSSR count). The van der Waals surface area contributed by atoms with E-state index in [0.717, 1.165) is 24.6 Å². The number of nitrogens with zero attached hydrogens (tertiary/aromatic N) is 1. The first-order valence-corrected chi connectivity index (χ1v) is 5.54. The van der Waals surface area contributed by atoms with Gasteiger partial charge >= 0.3 is 0 Å². The number of carbonyl (C=O) groups is 1. The molecule has 0 saturated carbocycles. The highest BCUT2D eigenvalue weighted by atomic mass is 32.2. The van der Waals surface area contributed by atoms with Gasteiger partial charge in [0.2, 0.25) is 5.91 Å². The lowest BCUT2D eigenvalue weighted by atomic mass is 10.2. The van der Waals surface area contributed by atoms with Crippen LogP contribution in [0, 0.1) is 0 Å². The first kappa shape index (κ1) is 13.1. The second-order valence-electron chi connectivity index (χ2n) is 3.01. The smallest absolute Gasteiger partial charge is 0.230 e. The van der Waals surface area contributed by atoms with E-state index in [9.17, 15) is 4.79 Å². The molecule has 0 aliphatic rings. The summed E-state index contributed by atoms with van der Waals surface area (Å²) in [5.41, 5.74) is 5.32. The highest BCUT2D eigenvalue weighted by Crippen LogP contribution is 2.00. The number of hydrogen-bond donors (Lipinski definition) is 3. The van der Waals surface area contributed by atoms with Crippen molar-refractivity contribution in [2.24, 2.45) is 16.7 Å². The molecular weight excluding hydrogens is 200 g/mol. The maximum Gasteiger partial charge on any atom is 0.230 e. The minimum Gasteiger partial charge on any atom is -0.377 e. The monoisotopic (exact) mass is 218 g/mol. The van der Waals surface area contributed by atoms with Crippen LogP contribution < -0.4 is 16.9 Å². The number of thioether (sulfide) groups is 1. The van der Waals surface area contributed by atoms with E-state index in [1.807, 2.05) is 6.92 Å². The van der Waals surface area contributed by atoms with Crippen LogP contribution in [0.3, 0.4) is 0 Å². The van der Waals surface area contributed by atoms with Gasteiger partial charge in [-0.15, -0.1) is 0 Å². The molecule has 0 aromatic carbocycles. The van der Waals surface area contributed by atoms with Crippen molar-refractivity contribution in [3.63, 3.8) is 0 Å². The van der Waals surface area contributed by atoms with Gasteiger partial charge in [-0.3, -0.25) is 4.79 Å². The summed E-state index contributed by atoms with van der Waals surface area (Å²) in [5.74, 6) is 5.14. The Labute approximate surface area is 88.7 Å². The summed E-state index contributed by atoms with van der Waals surface area (Å²) in [6, 6.07) is 0.212. The van der Waals surface area contributed by atoms with Gasteiger partial charge in [-0.05, 0) is 13.3 Å². The van der Waals surface area contributed by atoms with Crippen LogP contribution in [0.2, 0.25) is 0 Å². The van der Waals surface area contributed by atoms with E-state index in [4.69, 9.17) is 11.6 Å². The van der Waals surface area contributed by atoms with Gasteiger partial charge in [-0.2, -0.15) is 5.10 Å². The maximum absolute atomic E-state index is 11.3. The summed E-state index contributed by atoms with van der Waals surface area (Å²) in [4.78, 5) is 11.3. The fourth-order valence-electron chi connectivity index (χ4n) is 0.998. The average Bonchev–Trinajstić information content (AvgIpc) is 2.14. The van der Waals surface area contributed by atoms with E-state index in [0.29, 0.717) is 0 Å². The van der Waals surface area contributed by atoms with Crippen molar-refractivity contribution >= 4 is 22.8 Å². The predicted octanol–water partition coefficient (Wildman–Crippen LogP) is 0.213. The van der Waals surface area contributed by atoms with Gasteiger partial charge in [0.25, 0.3) is 0 Å². The molecule has 0 aromatic rings. The van der Waals surface area contributed by atoms with Crippen LogP contribution in [0.1, 0.15) is 26.7 Å². The summed E-state index contributed by atoms with van der Waals surface area (Å²) in [6.07, 6.45) is 2.04. The summed E-state index contributed by atoms with van der Waals surface area (Å²) in [7, 11) is 0. The van der Waals surface area contributed by atoms with Crippen LogP contribution in [0.15, 0.2) is 5.10 Å². The number of amidine groups is 1. The largest absolute Gasteiger partial charge is 0.377 e. The third kappa shape index (κ3) is 6.59. The first-order chi connectivity index (χ1) is 6.60. The Balaban J connectivity index is 3.65. The van der Waals surface area contributed by atoms with Gasteiger partial charge in [-0.1, -0.05) is 25.1 Å². The van der Waals surface area contributed by atoms with Crippen molar-refractivity contribution in [3.8, 4) is 0 Å². The molecule has 0 saturated heterocycles. The summed E-state index contributed by atoms with van der Waals surface area (Å²) >= 11 is 1.14. The molecule has 1 amide bonds. The maximum atomic E-state index is 11.3. The fraction of sp³-hybridized carbons (Fsp3) is 0.750. The molecular formula is C8H18N4OS. The number of nitrogens with one attached hydrogen (secondary N) is 1. The van der Waals surface area contributed by atoms with E-state index < -0.39 is 0 Å². The number of hydrogen-bond acceptors (Lipinski definition) is 4. The zero-order valence-electron chi connectivity index (χ0n) is 8.62. The molecule has 1 unspecified atom stereocenters. The summed E-state index contributed by atoms with van der Waals surface area (Å²) in [5, 5.41) is 6.33. The molecule has 0 heterocycles. The molecule has 0 fully saturated rings. The zero-order chi connectivity index (χ0) is 11.0. The molecule has 82 valence electrons. The first-order valence-electron chi connectivity index (χ1n) is 4.55. The zero-order valence-corrected chi connectivity index (χ0v) is 9.43. The quantitative estimate of drug-likeness (QED) is 0.266. The fourth-order valence-corrected chi connectivity index (χ4v) is 1.44. The Bertz CT molecular complexity index is 208. The minimum absolute atomic E-state index is 0.0393. The van der Waals surface area contributed by atoms with E-state index in [1.54, 1.807) is 0 Å². The van der Waals surface area contributed by atoms with Crippen molar-refractivity contribution < 1.29 is 4.79 Å². The highest BCUT2D eigenvalue weighted by molar-refractivity contribution is 8.14. The Morgan fingerprint density at radius 1 is 1.64 bits per heavy atom. The number of hydrazone groups is 1. The van der Waals surface area contributed by atoms with Gasteiger partial charge in [0.1, 0.15) is 0 Å². The normalized spacial score (nSPS) is 13.7. The molecule has 5 nitrogen and oxygen atoms in total. The lowest BCUT2D eigenvalue weighted by molar-refractivity contribution is -0.119.